The van der Waals surface area contributed by atoms with Gasteiger partial charge in [0.15, 0.2) is 17.6 Å². The van der Waals surface area contributed by atoms with Gasteiger partial charge in [-0.1, -0.05) is 6.07 Å². The van der Waals surface area contributed by atoms with Crippen molar-refractivity contribution in [3.63, 3.8) is 0 Å². The number of halogens is 1. The Labute approximate surface area is 149 Å². The van der Waals surface area contributed by atoms with Gasteiger partial charge in [0.2, 0.25) is 0 Å². The highest BCUT2D eigenvalue weighted by Gasteiger charge is 2.19. The second kappa shape index (κ2) is 7.86. The maximum atomic E-state index is 12.9. The van der Waals surface area contributed by atoms with Gasteiger partial charge in [-0.25, -0.2) is 4.39 Å². The molecule has 0 unspecified atom stereocenters. The van der Waals surface area contributed by atoms with Gasteiger partial charge in [0, 0.05) is 5.69 Å². The lowest BCUT2D eigenvalue weighted by Crippen LogP contribution is -2.30. The minimum Gasteiger partial charge on any atom is -0.486 e. The van der Waals surface area contributed by atoms with E-state index in [1.807, 2.05) is 0 Å². The van der Waals surface area contributed by atoms with Crippen molar-refractivity contribution in [3.05, 3.63) is 53.8 Å². The topological polar surface area (TPSA) is 73.9 Å². The molecule has 1 aliphatic heterocycles. The van der Waals surface area contributed by atoms with Crippen molar-refractivity contribution in [1.82, 2.24) is 0 Å². The Morgan fingerprint density at radius 1 is 1.12 bits per heavy atom. The number of rotatable bonds is 5. The Morgan fingerprint density at radius 3 is 2.54 bits per heavy atom. The SMILES string of the molecule is C[C@@H](OC(=O)Cc1ccc2c(c1)OCCO2)C(=O)Nc1ccc(F)cc1. The number of fused-ring (bicyclic) bond motifs is 1. The maximum Gasteiger partial charge on any atom is 0.311 e. The lowest BCUT2D eigenvalue weighted by Gasteiger charge is -2.19. The molecule has 2 aromatic rings. The fourth-order valence-electron chi connectivity index (χ4n) is 2.43. The normalized spacial score (nSPS) is 13.6. The van der Waals surface area contributed by atoms with Crippen LogP contribution in [0.1, 0.15) is 12.5 Å². The minimum atomic E-state index is -0.982. The number of ether oxygens (including phenoxy) is 3. The van der Waals surface area contributed by atoms with Crippen LogP contribution >= 0.6 is 0 Å². The molecule has 6 nitrogen and oxygen atoms in total. The van der Waals surface area contributed by atoms with Crippen LogP contribution in [0.5, 0.6) is 11.5 Å². The first kappa shape index (κ1) is 17.7. The third-order valence-corrected chi connectivity index (χ3v) is 3.74. The van der Waals surface area contributed by atoms with Crippen LogP contribution in [0.4, 0.5) is 10.1 Å². The van der Waals surface area contributed by atoms with Gasteiger partial charge in [0.1, 0.15) is 19.0 Å². The molecule has 3 rings (SSSR count). The van der Waals surface area contributed by atoms with Gasteiger partial charge in [-0.05, 0) is 48.9 Å². The number of anilines is 1. The summed E-state index contributed by atoms with van der Waals surface area (Å²) in [6.07, 6.45) is -0.977. The molecule has 26 heavy (non-hydrogen) atoms. The van der Waals surface area contributed by atoms with Crippen LogP contribution in [-0.4, -0.2) is 31.2 Å². The van der Waals surface area contributed by atoms with Crippen LogP contribution in [-0.2, 0) is 20.7 Å². The Morgan fingerprint density at radius 2 is 1.81 bits per heavy atom. The summed E-state index contributed by atoms with van der Waals surface area (Å²) in [5.41, 5.74) is 1.12. The first-order valence-electron chi connectivity index (χ1n) is 8.16. The molecule has 0 aromatic heterocycles. The summed E-state index contributed by atoms with van der Waals surface area (Å²) in [5.74, 6) is -0.207. The molecular formula is C19H18FNO5. The highest BCUT2D eigenvalue weighted by atomic mass is 19.1. The third-order valence-electron chi connectivity index (χ3n) is 3.74. The summed E-state index contributed by atoms with van der Waals surface area (Å²) in [7, 11) is 0. The Balaban J connectivity index is 1.53. The molecule has 1 amide bonds. The second-order valence-electron chi connectivity index (χ2n) is 5.78. The Bertz CT molecular complexity index is 806. The van der Waals surface area contributed by atoms with E-state index in [9.17, 15) is 14.0 Å². The van der Waals surface area contributed by atoms with Gasteiger partial charge in [-0.2, -0.15) is 0 Å². The lowest BCUT2D eigenvalue weighted by atomic mass is 10.1. The summed E-state index contributed by atoms with van der Waals surface area (Å²) >= 11 is 0. The number of benzene rings is 2. The molecule has 1 atom stereocenters. The average Bonchev–Trinajstić information content (AvgIpc) is 2.63. The lowest BCUT2D eigenvalue weighted by molar-refractivity contribution is -0.152. The number of amides is 1. The first-order valence-corrected chi connectivity index (χ1v) is 8.16. The van der Waals surface area contributed by atoms with Crippen LogP contribution in [0.15, 0.2) is 42.5 Å². The predicted octanol–water partition coefficient (Wildman–Crippen LogP) is 2.71. The fourth-order valence-corrected chi connectivity index (χ4v) is 2.43. The van der Waals surface area contributed by atoms with Crippen molar-refractivity contribution in [3.8, 4) is 11.5 Å². The second-order valence-corrected chi connectivity index (χ2v) is 5.78. The third kappa shape index (κ3) is 4.50. The fraction of sp³-hybridized carbons (Fsp3) is 0.263. The molecule has 0 radical (unpaired) electrons. The summed E-state index contributed by atoms with van der Waals surface area (Å²) in [5, 5.41) is 2.56. The molecule has 136 valence electrons. The van der Waals surface area contributed by atoms with Gasteiger partial charge in [-0.3, -0.25) is 9.59 Å². The van der Waals surface area contributed by atoms with E-state index in [1.165, 1.54) is 31.2 Å². The molecular weight excluding hydrogens is 341 g/mol. The number of carbonyl (C=O) groups is 2. The quantitative estimate of drug-likeness (QED) is 0.831. The Hall–Kier alpha value is -3.09. The average molecular weight is 359 g/mol. The van der Waals surface area contributed by atoms with Gasteiger partial charge in [0.05, 0.1) is 6.42 Å². The highest BCUT2D eigenvalue weighted by molar-refractivity contribution is 5.95. The molecule has 0 saturated heterocycles. The number of hydrogen-bond donors (Lipinski definition) is 1. The summed E-state index contributed by atoms with van der Waals surface area (Å²) in [6.45, 7) is 2.43. The number of hydrogen-bond acceptors (Lipinski definition) is 5. The monoisotopic (exact) mass is 359 g/mol. The molecule has 0 saturated carbocycles. The van der Waals surface area contributed by atoms with Crippen molar-refractivity contribution in [1.29, 1.82) is 0 Å². The van der Waals surface area contributed by atoms with E-state index in [1.54, 1.807) is 18.2 Å². The first-order chi connectivity index (χ1) is 12.5. The van der Waals surface area contributed by atoms with E-state index >= 15 is 0 Å². The molecule has 2 aromatic carbocycles. The number of nitrogens with one attached hydrogen (secondary N) is 1. The largest absolute Gasteiger partial charge is 0.486 e. The van der Waals surface area contributed by atoms with Crippen molar-refractivity contribution < 1.29 is 28.2 Å². The van der Waals surface area contributed by atoms with Crippen LogP contribution in [0.2, 0.25) is 0 Å². The molecule has 1 N–H and O–H groups in total. The van der Waals surface area contributed by atoms with Gasteiger partial charge >= 0.3 is 5.97 Å². The van der Waals surface area contributed by atoms with Crippen molar-refractivity contribution in [2.75, 3.05) is 18.5 Å². The van der Waals surface area contributed by atoms with Crippen LogP contribution in [0.3, 0.4) is 0 Å². The van der Waals surface area contributed by atoms with Crippen molar-refractivity contribution >= 4 is 17.6 Å². The van der Waals surface area contributed by atoms with E-state index in [0.717, 1.165) is 0 Å². The van der Waals surface area contributed by atoms with Crippen molar-refractivity contribution in [2.24, 2.45) is 0 Å². The number of esters is 1. The van der Waals surface area contributed by atoms with E-state index < -0.39 is 23.8 Å². The van der Waals surface area contributed by atoms with E-state index in [0.29, 0.717) is 36.0 Å². The summed E-state index contributed by atoms with van der Waals surface area (Å²) in [6, 6.07) is 10.5. The predicted molar refractivity (Wildman–Crippen MR) is 91.7 cm³/mol. The van der Waals surface area contributed by atoms with Gasteiger partial charge < -0.3 is 19.5 Å². The zero-order valence-electron chi connectivity index (χ0n) is 14.2. The number of carbonyl (C=O) groups excluding carboxylic acids is 2. The highest BCUT2D eigenvalue weighted by Crippen LogP contribution is 2.30. The van der Waals surface area contributed by atoms with Gasteiger partial charge in [-0.15, -0.1) is 0 Å². The molecule has 1 aliphatic rings. The zero-order chi connectivity index (χ0) is 18.5. The summed E-state index contributed by atoms with van der Waals surface area (Å²) < 4.78 is 28.9. The molecule has 0 spiro atoms. The molecule has 0 aliphatic carbocycles. The van der Waals surface area contributed by atoms with Gasteiger partial charge in [0.25, 0.3) is 5.91 Å². The molecule has 1 heterocycles. The van der Waals surface area contributed by atoms with Crippen LogP contribution in [0.25, 0.3) is 0 Å². The van der Waals surface area contributed by atoms with E-state index in [2.05, 4.69) is 5.32 Å². The summed E-state index contributed by atoms with van der Waals surface area (Å²) in [4.78, 5) is 24.1. The van der Waals surface area contributed by atoms with E-state index in [4.69, 9.17) is 14.2 Å². The molecule has 7 heteroatoms. The standard InChI is InChI=1S/C19H18FNO5/c1-12(19(23)21-15-5-3-14(20)4-6-15)26-18(22)11-13-2-7-16-17(10-13)25-9-8-24-16/h2-7,10,12H,8-9,11H2,1H3,(H,21,23)/t12-/m1/s1. The molecule has 0 bridgehead atoms. The molecule has 0 fully saturated rings. The van der Waals surface area contributed by atoms with Crippen LogP contribution < -0.4 is 14.8 Å². The zero-order valence-corrected chi connectivity index (χ0v) is 14.2. The van der Waals surface area contributed by atoms with E-state index in [-0.39, 0.29) is 6.42 Å². The van der Waals surface area contributed by atoms with Crippen molar-refractivity contribution in [2.45, 2.75) is 19.4 Å². The smallest absolute Gasteiger partial charge is 0.311 e. The maximum absolute atomic E-state index is 12.9. The van der Waals surface area contributed by atoms with Crippen LogP contribution in [0, 0.1) is 5.82 Å². The minimum absolute atomic E-state index is 0.00477. The Kier molecular flexibility index (Phi) is 5.36.